The highest BCUT2D eigenvalue weighted by atomic mass is 32.1. The van der Waals surface area contributed by atoms with E-state index in [1.807, 2.05) is 48.2 Å². The Morgan fingerprint density at radius 1 is 1.08 bits per heavy atom. The zero-order valence-corrected chi connectivity index (χ0v) is 16.1. The van der Waals surface area contributed by atoms with Gasteiger partial charge in [0, 0.05) is 36.7 Å². The molecule has 5 nitrogen and oxygen atoms in total. The van der Waals surface area contributed by atoms with Crippen LogP contribution in [-0.2, 0) is 11.2 Å². The second-order valence-electron chi connectivity index (χ2n) is 6.54. The molecule has 0 unspecified atom stereocenters. The highest BCUT2D eigenvalue weighted by molar-refractivity contribution is 7.13. The van der Waals surface area contributed by atoms with Crippen LogP contribution in [-0.4, -0.2) is 54.3 Å². The average molecular weight is 372 g/mol. The van der Waals surface area contributed by atoms with Crippen molar-refractivity contribution in [2.45, 2.75) is 20.3 Å². The van der Waals surface area contributed by atoms with Crippen LogP contribution in [0.1, 0.15) is 27.0 Å². The number of anilines is 1. The molecule has 2 amide bonds. The van der Waals surface area contributed by atoms with Gasteiger partial charge in [0.2, 0.25) is 5.91 Å². The lowest BCUT2D eigenvalue weighted by Crippen LogP contribution is -2.50. The molecule has 0 saturated carbocycles. The Bertz CT molecular complexity index is 779. The number of carbonyl (C=O) groups is 2. The van der Waals surface area contributed by atoms with Crippen molar-refractivity contribution < 1.29 is 9.59 Å². The first-order chi connectivity index (χ1) is 12.6. The van der Waals surface area contributed by atoms with E-state index < -0.39 is 0 Å². The van der Waals surface area contributed by atoms with E-state index in [1.54, 1.807) is 0 Å². The first-order valence-electron chi connectivity index (χ1n) is 9.02. The second kappa shape index (κ2) is 8.47. The fourth-order valence-corrected chi connectivity index (χ4v) is 3.99. The number of thiophene rings is 1. The SMILES string of the molecule is CCc1ccccc1NC(=O)CN1CCN(C(=O)c2ccc(C)s2)CC1. The van der Waals surface area contributed by atoms with Gasteiger partial charge in [0.05, 0.1) is 11.4 Å². The molecule has 0 radical (unpaired) electrons. The van der Waals surface area contributed by atoms with Crippen LogP contribution < -0.4 is 5.32 Å². The van der Waals surface area contributed by atoms with Crippen molar-refractivity contribution in [2.75, 3.05) is 38.0 Å². The molecule has 1 aliphatic heterocycles. The number of amides is 2. The third kappa shape index (κ3) is 4.51. The van der Waals surface area contributed by atoms with Crippen LogP contribution in [0.3, 0.4) is 0 Å². The first-order valence-corrected chi connectivity index (χ1v) is 9.84. The van der Waals surface area contributed by atoms with Gasteiger partial charge >= 0.3 is 0 Å². The van der Waals surface area contributed by atoms with Gasteiger partial charge < -0.3 is 10.2 Å². The summed E-state index contributed by atoms with van der Waals surface area (Å²) in [6.07, 6.45) is 0.888. The topological polar surface area (TPSA) is 52.7 Å². The lowest BCUT2D eigenvalue weighted by Gasteiger charge is -2.34. The number of carbonyl (C=O) groups excluding carboxylic acids is 2. The quantitative estimate of drug-likeness (QED) is 0.879. The number of hydrogen-bond donors (Lipinski definition) is 1. The molecule has 0 spiro atoms. The molecule has 6 heteroatoms. The van der Waals surface area contributed by atoms with Gasteiger partial charge in [-0.3, -0.25) is 14.5 Å². The Hall–Kier alpha value is -2.18. The molecule has 1 N–H and O–H groups in total. The number of nitrogens with one attached hydrogen (secondary N) is 1. The van der Waals surface area contributed by atoms with E-state index in [-0.39, 0.29) is 11.8 Å². The Morgan fingerprint density at radius 2 is 1.81 bits per heavy atom. The molecule has 1 aromatic carbocycles. The van der Waals surface area contributed by atoms with Crippen LogP contribution in [0, 0.1) is 6.92 Å². The molecule has 1 aromatic heterocycles. The van der Waals surface area contributed by atoms with E-state index in [2.05, 4.69) is 17.1 Å². The van der Waals surface area contributed by atoms with Gasteiger partial charge in [0.15, 0.2) is 0 Å². The van der Waals surface area contributed by atoms with Crippen molar-refractivity contribution in [3.63, 3.8) is 0 Å². The number of piperazine rings is 1. The predicted molar refractivity (Wildman–Crippen MR) is 106 cm³/mol. The number of rotatable bonds is 5. The minimum absolute atomic E-state index is 0.000409. The average Bonchev–Trinajstić information content (AvgIpc) is 3.08. The minimum Gasteiger partial charge on any atom is -0.335 e. The molecule has 0 aliphatic carbocycles. The van der Waals surface area contributed by atoms with E-state index >= 15 is 0 Å². The van der Waals surface area contributed by atoms with Crippen molar-refractivity contribution in [1.82, 2.24) is 9.80 Å². The Morgan fingerprint density at radius 3 is 2.46 bits per heavy atom. The van der Waals surface area contributed by atoms with Gasteiger partial charge in [-0.1, -0.05) is 25.1 Å². The maximum atomic E-state index is 12.5. The van der Waals surface area contributed by atoms with Gasteiger partial charge in [-0.15, -0.1) is 11.3 Å². The van der Waals surface area contributed by atoms with Gasteiger partial charge in [-0.2, -0.15) is 0 Å². The number of para-hydroxylation sites is 1. The molecular formula is C20H25N3O2S. The fourth-order valence-electron chi connectivity index (χ4n) is 3.16. The first kappa shape index (κ1) is 18.6. The molecule has 1 aliphatic rings. The van der Waals surface area contributed by atoms with Crippen LogP contribution in [0.15, 0.2) is 36.4 Å². The molecule has 0 atom stereocenters. The Labute approximate surface area is 158 Å². The zero-order valence-electron chi connectivity index (χ0n) is 15.3. The van der Waals surface area contributed by atoms with Crippen LogP contribution in [0.25, 0.3) is 0 Å². The lowest BCUT2D eigenvalue weighted by atomic mass is 10.1. The van der Waals surface area contributed by atoms with Crippen LogP contribution in [0.4, 0.5) is 5.69 Å². The van der Waals surface area contributed by atoms with Crippen molar-refractivity contribution >= 4 is 28.8 Å². The van der Waals surface area contributed by atoms with Crippen molar-refractivity contribution in [2.24, 2.45) is 0 Å². The summed E-state index contributed by atoms with van der Waals surface area (Å²) in [6, 6.07) is 11.8. The van der Waals surface area contributed by atoms with Crippen molar-refractivity contribution in [3.05, 3.63) is 51.7 Å². The molecular weight excluding hydrogens is 346 g/mol. The van der Waals surface area contributed by atoms with E-state index in [9.17, 15) is 9.59 Å². The normalized spacial score (nSPS) is 15.1. The third-order valence-electron chi connectivity index (χ3n) is 4.65. The fraction of sp³-hybridized carbons (Fsp3) is 0.400. The zero-order chi connectivity index (χ0) is 18.5. The minimum atomic E-state index is -0.000409. The summed E-state index contributed by atoms with van der Waals surface area (Å²) in [5, 5.41) is 3.01. The molecule has 2 aromatic rings. The predicted octanol–water partition coefficient (Wildman–Crippen LogP) is 3.02. The van der Waals surface area contributed by atoms with Gasteiger partial charge in [0.1, 0.15) is 0 Å². The summed E-state index contributed by atoms with van der Waals surface area (Å²) in [5.41, 5.74) is 2.03. The smallest absolute Gasteiger partial charge is 0.264 e. The second-order valence-corrected chi connectivity index (χ2v) is 7.83. The summed E-state index contributed by atoms with van der Waals surface area (Å²) in [6.45, 7) is 7.21. The molecule has 1 fully saturated rings. The molecule has 26 heavy (non-hydrogen) atoms. The van der Waals surface area contributed by atoms with E-state index in [0.29, 0.717) is 19.6 Å². The van der Waals surface area contributed by atoms with Crippen molar-refractivity contribution in [3.8, 4) is 0 Å². The third-order valence-corrected chi connectivity index (χ3v) is 5.64. The molecule has 138 valence electrons. The summed E-state index contributed by atoms with van der Waals surface area (Å²) >= 11 is 1.54. The summed E-state index contributed by atoms with van der Waals surface area (Å²) in [4.78, 5) is 30.8. The van der Waals surface area contributed by atoms with Crippen LogP contribution in [0.2, 0.25) is 0 Å². The van der Waals surface area contributed by atoms with Gasteiger partial charge in [0.25, 0.3) is 5.91 Å². The molecule has 2 heterocycles. The Balaban J connectivity index is 1.49. The lowest BCUT2D eigenvalue weighted by molar-refractivity contribution is -0.117. The van der Waals surface area contributed by atoms with Crippen LogP contribution >= 0.6 is 11.3 Å². The molecule has 1 saturated heterocycles. The molecule has 0 bridgehead atoms. The number of hydrogen-bond acceptors (Lipinski definition) is 4. The van der Waals surface area contributed by atoms with E-state index in [0.717, 1.165) is 40.5 Å². The highest BCUT2D eigenvalue weighted by Crippen LogP contribution is 2.18. The van der Waals surface area contributed by atoms with Gasteiger partial charge in [-0.05, 0) is 37.1 Å². The summed E-state index contributed by atoms with van der Waals surface area (Å²) in [5.74, 6) is 0.101. The maximum absolute atomic E-state index is 12.5. The number of aryl methyl sites for hydroxylation is 2. The van der Waals surface area contributed by atoms with E-state index in [1.165, 1.54) is 11.3 Å². The van der Waals surface area contributed by atoms with Crippen LogP contribution in [0.5, 0.6) is 0 Å². The van der Waals surface area contributed by atoms with Crippen molar-refractivity contribution in [1.29, 1.82) is 0 Å². The number of nitrogens with zero attached hydrogens (tertiary/aromatic N) is 2. The summed E-state index contributed by atoms with van der Waals surface area (Å²) in [7, 11) is 0. The maximum Gasteiger partial charge on any atom is 0.264 e. The largest absolute Gasteiger partial charge is 0.335 e. The Kier molecular flexibility index (Phi) is 6.06. The summed E-state index contributed by atoms with van der Waals surface area (Å²) < 4.78 is 0. The molecule has 3 rings (SSSR count). The highest BCUT2D eigenvalue weighted by Gasteiger charge is 2.24. The van der Waals surface area contributed by atoms with Gasteiger partial charge in [-0.25, -0.2) is 0 Å². The van der Waals surface area contributed by atoms with E-state index in [4.69, 9.17) is 0 Å². The standard InChI is InChI=1S/C20H25N3O2S/c1-3-16-6-4-5-7-17(16)21-19(24)14-22-10-12-23(13-11-22)20(25)18-9-8-15(2)26-18/h4-9H,3,10-14H2,1-2H3,(H,21,24). The monoisotopic (exact) mass is 371 g/mol. The number of benzene rings is 1.